The monoisotopic (exact) mass is 336 g/mol. The lowest BCUT2D eigenvalue weighted by atomic mass is 9.87. The van der Waals surface area contributed by atoms with Crippen molar-refractivity contribution in [2.45, 2.75) is 85.5 Å². The first-order chi connectivity index (χ1) is 12.1. The number of hydrogen-bond acceptors (Lipinski definition) is 0. The Balaban J connectivity index is 2.00. The maximum absolute atomic E-state index is 2.40. The molecule has 0 aliphatic heterocycles. The molecule has 0 radical (unpaired) electrons. The largest absolute Gasteiger partial charge is 0.0654 e. The van der Waals surface area contributed by atoms with Crippen molar-refractivity contribution in [3.8, 4) is 11.1 Å². The third kappa shape index (κ3) is 5.73. The molecule has 0 fully saturated rings. The highest BCUT2D eigenvalue weighted by Gasteiger charge is 2.12. The lowest BCUT2D eigenvalue weighted by Gasteiger charge is -2.18. The highest BCUT2D eigenvalue weighted by Crippen LogP contribution is 2.31. The maximum atomic E-state index is 2.40. The molecule has 0 nitrogen and oxygen atoms in total. The Bertz CT molecular complexity index is 637. The van der Waals surface area contributed by atoms with Crippen LogP contribution in [-0.4, -0.2) is 0 Å². The molecule has 0 heterocycles. The average molecular weight is 337 g/mol. The van der Waals surface area contributed by atoms with Gasteiger partial charge in [0.15, 0.2) is 0 Å². The van der Waals surface area contributed by atoms with Gasteiger partial charge in [0.1, 0.15) is 0 Å². The molecule has 0 N–H and O–H groups in total. The van der Waals surface area contributed by atoms with Gasteiger partial charge in [-0.3, -0.25) is 0 Å². The molecule has 0 aromatic heterocycles. The van der Waals surface area contributed by atoms with Gasteiger partial charge in [-0.2, -0.15) is 0 Å². The van der Waals surface area contributed by atoms with E-state index < -0.39 is 0 Å². The standard InChI is InChI=1S/C25H36/c1-5-6-7-8-9-10-11-15-18-24-22(4)21(3)20(2)19-25(24)23-16-13-12-14-17-23/h12-14,16-17,19H,5-11,15,18H2,1-4H3. The van der Waals surface area contributed by atoms with Crippen LogP contribution in [-0.2, 0) is 6.42 Å². The second-order valence-electron chi connectivity index (χ2n) is 7.56. The predicted molar refractivity (Wildman–Crippen MR) is 112 cm³/mol. The quantitative estimate of drug-likeness (QED) is 0.386. The van der Waals surface area contributed by atoms with E-state index in [2.05, 4.69) is 64.1 Å². The second kappa shape index (κ2) is 10.4. The first kappa shape index (κ1) is 19.8. The van der Waals surface area contributed by atoms with Crippen LogP contribution in [0.3, 0.4) is 0 Å². The SMILES string of the molecule is CCCCCCCCCCc1c(-c2ccccc2)cc(C)c(C)c1C. The lowest BCUT2D eigenvalue weighted by molar-refractivity contribution is 0.575. The molecule has 0 spiro atoms. The van der Waals surface area contributed by atoms with E-state index in [0.29, 0.717) is 0 Å². The van der Waals surface area contributed by atoms with E-state index in [1.54, 1.807) is 5.56 Å². The van der Waals surface area contributed by atoms with Crippen LogP contribution < -0.4 is 0 Å². The van der Waals surface area contributed by atoms with Crippen LogP contribution >= 0.6 is 0 Å². The lowest BCUT2D eigenvalue weighted by Crippen LogP contribution is -2.00. The van der Waals surface area contributed by atoms with Crippen LogP contribution in [0.1, 0.15) is 80.5 Å². The molecule has 0 aliphatic rings. The van der Waals surface area contributed by atoms with Gasteiger partial charge in [0.25, 0.3) is 0 Å². The molecular formula is C25H36. The summed E-state index contributed by atoms with van der Waals surface area (Å²) < 4.78 is 0. The van der Waals surface area contributed by atoms with Crippen molar-refractivity contribution in [3.63, 3.8) is 0 Å². The smallest absolute Gasteiger partial charge is 0.0146 e. The summed E-state index contributed by atoms with van der Waals surface area (Å²) in [4.78, 5) is 0. The van der Waals surface area contributed by atoms with Crippen molar-refractivity contribution >= 4 is 0 Å². The molecule has 136 valence electrons. The highest BCUT2D eigenvalue weighted by atomic mass is 14.2. The first-order valence-corrected chi connectivity index (χ1v) is 10.3. The van der Waals surface area contributed by atoms with Crippen LogP contribution in [0.15, 0.2) is 36.4 Å². The first-order valence-electron chi connectivity index (χ1n) is 10.3. The molecule has 0 saturated heterocycles. The van der Waals surface area contributed by atoms with Crippen LogP contribution in [0.4, 0.5) is 0 Å². The summed E-state index contributed by atoms with van der Waals surface area (Å²) >= 11 is 0. The average Bonchev–Trinajstić information content (AvgIpc) is 2.64. The molecule has 0 bridgehead atoms. The molecule has 0 atom stereocenters. The number of hydrogen-bond donors (Lipinski definition) is 0. The third-order valence-electron chi connectivity index (χ3n) is 5.66. The van der Waals surface area contributed by atoms with E-state index in [0.717, 1.165) is 0 Å². The van der Waals surface area contributed by atoms with Crippen molar-refractivity contribution in [3.05, 3.63) is 58.7 Å². The van der Waals surface area contributed by atoms with Crippen LogP contribution in [0.5, 0.6) is 0 Å². The summed E-state index contributed by atoms with van der Waals surface area (Å²) in [7, 11) is 0. The van der Waals surface area contributed by atoms with Gasteiger partial charge in [0.2, 0.25) is 0 Å². The Labute approximate surface area is 155 Å². The summed E-state index contributed by atoms with van der Waals surface area (Å²) in [5.41, 5.74) is 8.76. The van der Waals surface area contributed by atoms with E-state index in [9.17, 15) is 0 Å². The van der Waals surface area contributed by atoms with Crippen molar-refractivity contribution in [2.24, 2.45) is 0 Å². The van der Waals surface area contributed by atoms with E-state index in [-0.39, 0.29) is 0 Å². The minimum Gasteiger partial charge on any atom is -0.0654 e. The van der Waals surface area contributed by atoms with Gasteiger partial charge in [-0.15, -0.1) is 0 Å². The Morgan fingerprint density at radius 1 is 0.680 bits per heavy atom. The number of rotatable bonds is 10. The maximum Gasteiger partial charge on any atom is -0.0146 e. The van der Waals surface area contributed by atoms with E-state index in [4.69, 9.17) is 0 Å². The Morgan fingerprint density at radius 2 is 1.28 bits per heavy atom. The second-order valence-corrected chi connectivity index (χ2v) is 7.56. The third-order valence-corrected chi connectivity index (χ3v) is 5.66. The molecule has 0 aliphatic carbocycles. The van der Waals surface area contributed by atoms with Crippen molar-refractivity contribution < 1.29 is 0 Å². The molecule has 25 heavy (non-hydrogen) atoms. The number of unbranched alkanes of at least 4 members (excludes halogenated alkanes) is 7. The van der Waals surface area contributed by atoms with E-state index in [1.165, 1.54) is 85.6 Å². The molecule has 0 amide bonds. The van der Waals surface area contributed by atoms with Gasteiger partial charge in [-0.25, -0.2) is 0 Å². The normalized spacial score (nSPS) is 11.0. The fraction of sp³-hybridized carbons (Fsp3) is 0.520. The van der Waals surface area contributed by atoms with Crippen LogP contribution in [0.25, 0.3) is 11.1 Å². The summed E-state index contributed by atoms with van der Waals surface area (Å²) in [5, 5.41) is 0. The van der Waals surface area contributed by atoms with Gasteiger partial charge in [0, 0.05) is 0 Å². The Morgan fingerprint density at radius 3 is 1.92 bits per heavy atom. The van der Waals surface area contributed by atoms with Gasteiger partial charge >= 0.3 is 0 Å². The summed E-state index contributed by atoms with van der Waals surface area (Å²) in [6.45, 7) is 9.12. The predicted octanol–water partition coefficient (Wildman–Crippen LogP) is 7.96. The molecular weight excluding hydrogens is 300 g/mol. The Kier molecular flexibility index (Phi) is 8.25. The van der Waals surface area contributed by atoms with Gasteiger partial charge in [-0.1, -0.05) is 88.3 Å². The Hall–Kier alpha value is -1.56. The summed E-state index contributed by atoms with van der Waals surface area (Å²) in [6.07, 6.45) is 12.3. The van der Waals surface area contributed by atoms with Crippen molar-refractivity contribution in [1.29, 1.82) is 0 Å². The van der Waals surface area contributed by atoms with Crippen molar-refractivity contribution in [2.75, 3.05) is 0 Å². The highest BCUT2D eigenvalue weighted by molar-refractivity contribution is 5.70. The minimum absolute atomic E-state index is 1.21. The molecule has 0 saturated carbocycles. The fourth-order valence-corrected chi connectivity index (χ4v) is 3.77. The summed E-state index contributed by atoms with van der Waals surface area (Å²) in [6, 6.07) is 13.3. The van der Waals surface area contributed by atoms with E-state index >= 15 is 0 Å². The van der Waals surface area contributed by atoms with E-state index in [1.807, 2.05) is 0 Å². The van der Waals surface area contributed by atoms with Crippen LogP contribution in [0, 0.1) is 20.8 Å². The topological polar surface area (TPSA) is 0 Å². The van der Waals surface area contributed by atoms with Crippen LogP contribution in [0.2, 0.25) is 0 Å². The zero-order chi connectivity index (χ0) is 18.1. The fourth-order valence-electron chi connectivity index (χ4n) is 3.77. The van der Waals surface area contributed by atoms with Crippen molar-refractivity contribution in [1.82, 2.24) is 0 Å². The van der Waals surface area contributed by atoms with Gasteiger partial charge in [0.05, 0.1) is 0 Å². The van der Waals surface area contributed by atoms with Gasteiger partial charge in [-0.05, 0) is 67.0 Å². The molecule has 0 heteroatoms. The summed E-state index contributed by atoms with van der Waals surface area (Å²) in [5.74, 6) is 0. The molecule has 2 aromatic carbocycles. The minimum atomic E-state index is 1.21. The molecule has 2 rings (SSSR count). The molecule has 2 aromatic rings. The van der Waals surface area contributed by atoms with Gasteiger partial charge < -0.3 is 0 Å². The number of benzene rings is 2. The zero-order valence-corrected chi connectivity index (χ0v) is 16.8. The molecule has 0 unspecified atom stereocenters. The zero-order valence-electron chi connectivity index (χ0n) is 16.8. The number of aryl methyl sites for hydroxylation is 1.